The molecule has 3 N–H and O–H groups in total. The molecule has 1 fully saturated rings. The molecule has 0 aromatic heterocycles. The van der Waals surface area contributed by atoms with Gasteiger partial charge < -0.3 is 11.1 Å². The maximum absolute atomic E-state index is 11.4. The van der Waals surface area contributed by atoms with Gasteiger partial charge in [-0.05, 0) is 26.7 Å². The Morgan fingerprint density at radius 3 is 2.31 bits per heavy atom. The Morgan fingerprint density at radius 2 is 1.88 bits per heavy atom. The van der Waals surface area contributed by atoms with Crippen molar-refractivity contribution in [1.82, 2.24) is 10.2 Å². The van der Waals surface area contributed by atoms with Gasteiger partial charge in [-0.15, -0.1) is 24.8 Å². The highest BCUT2D eigenvalue weighted by atomic mass is 35.5. The smallest absolute Gasteiger partial charge is 0.234 e. The highest BCUT2D eigenvalue weighted by molar-refractivity contribution is 5.85. The molecule has 1 rings (SSSR count). The van der Waals surface area contributed by atoms with E-state index in [2.05, 4.69) is 10.2 Å². The van der Waals surface area contributed by atoms with Crippen molar-refractivity contribution in [3.05, 3.63) is 0 Å². The van der Waals surface area contributed by atoms with Crippen LogP contribution in [0.2, 0.25) is 0 Å². The van der Waals surface area contributed by atoms with Crippen LogP contribution < -0.4 is 11.1 Å². The van der Waals surface area contributed by atoms with E-state index in [4.69, 9.17) is 5.73 Å². The molecule has 0 aromatic rings. The standard InChI is InChI=1S/C10H21N3O.2ClH/c1-8(2)12-10(14)7-13-5-3-9(11)4-6-13;;/h8-9H,3-7,11H2,1-2H3,(H,12,14);2*1H. The highest BCUT2D eigenvalue weighted by Crippen LogP contribution is 2.07. The van der Waals surface area contributed by atoms with Crippen LogP contribution in [-0.2, 0) is 4.79 Å². The third-order valence-electron chi connectivity index (χ3n) is 2.45. The lowest BCUT2D eigenvalue weighted by Gasteiger charge is -2.29. The van der Waals surface area contributed by atoms with Gasteiger partial charge in [0.05, 0.1) is 6.54 Å². The topological polar surface area (TPSA) is 58.4 Å². The van der Waals surface area contributed by atoms with Crippen molar-refractivity contribution < 1.29 is 4.79 Å². The normalized spacial score (nSPS) is 17.5. The van der Waals surface area contributed by atoms with Crippen LogP contribution in [0.4, 0.5) is 0 Å². The van der Waals surface area contributed by atoms with Crippen molar-refractivity contribution in [2.45, 2.75) is 38.8 Å². The molecular weight excluding hydrogens is 249 g/mol. The van der Waals surface area contributed by atoms with E-state index in [0.29, 0.717) is 12.6 Å². The van der Waals surface area contributed by atoms with Gasteiger partial charge in [0.25, 0.3) is 0 Å². The minimum atomic E-state index is 0. The van der Waals surface area contributed by atoms with Crippen LogP contribution in [0.25, 0.3) is 0 Å². The molecule has 1 amide bonds. The molecule has 98 valence electrons. The van der Waals surface area contributed by atoms with Crippen LogP contribution in [0.5, 0.6) is 0 Å². The Balaban J connectivity index is 0. The molecular formula is C10H23Cl2N3O. The second-order valence-corrected chi connectivity index (χ2v) is 4.34. The van der Waals surface area contributed by atoms with Crippen molar-refractivity contribution in [1.29, 1.82) is 0 Å². The summed E-state index contributed by atoms with van der Waals surface area (Å²) in [7, 11) is 0. The maximum Gasteiger partial charge on any atom is 0.234 e. The number of rotatable bonds is 3. The zero-order chi connectivity index (χ0) is 10.6. The van der Waals surface area contributed by atoms with Crippen molar-refractivity contribution in [3.63, 3.8) is 0 Å². The molecule has 0 spiro atoms. The molecule has 1 saturated heterocycles. The van der Waals surface area contributed by atoms with Gasteiger partial charge in [-0.3, -0.25) is 9.69 Å². The van der Waals surface area contributed by atoms with Crippen LogP contribution in [0.3, 0.4) is 0 Å². The second-order valence-electron chi connectivity index (χ2n) is 4.34. The number of halogens is 2. The Bertz CT molecular complexity index is 195. The van der Waals surface area contributed by atoms with E-state index in [0.717, 1.165) is 25.9 Å². The number of carbonyl (C=O) groups excluding carboxylic acids is 1. The zero-order valence-electron chi connectivity index (χ0n) is 9.94. The minimum absolute atomic E-state index is 0. The summed E-state index contributed by atoms with van der Waals surface area (Å²) in [6, 6.07) is 0.564. The zero-order valence-corrected chi connectivity index (χ0v) is 11.6. The van der Waals surface area contributed by atoms with Gasteiger partial charge in [-0.25, -0.2) is 0 Å². The molecule has 0 atom stereocenters. The Morgan fingerprint density at radius 1 is 1.38 bits per heavy atom. The molecule has 0 aromatic carbocycles. The summed E-state index contributed by atoms with van der Waals surface area (Å²) in [5.41, 5.74) is 5.78. The third kappa shape index (κ3) is 7.28. The Kier molecular flexibility index (Phi) is 10.4. The third-order valence-corrected chi connectivity index (χ3v) is 2.45. The minimum Gasteiger partial charge on any atom is -0.353 e. The monoisotopic (exact) mass is 271 g/mol. The molecule has 0 unspecified atom stereocenters. The molecule has 0 saturated carbocycles. The molecule has 0 radical (unpaired) electrons. The molecule has 6 heteroatoms. The van der Waals surface area contributed by atoms with Crippen molar-refractivity contribution in [2.75, 3.05) is 19.6 Å². The van der Waals surface area contributed by atoms with Gasteiger partial charge in [0.15, 0.2) is 0 Å². The van der Waals surface area contributed by atoms with Gasteiger partial charge in [0, 0.05) is 25.2 Å². The first kappa shape index (κ1) is 18.3. The molecule has 1 heterocycles. The van der Waals surface area contributed by atoms with Crippen LogP contribution >= 0.6 is 24.8 Å². The van der Waals surface area contributed by atoms with Gasteiger partial charge in [0.1, 0.15) is 0 Å². The van der Waals surface area contributed by atoms with Gasteiger partial charge >= 0.3 is 0 Å². The summed E-state index contributed by atoms with van der Waals surface area (Å²) in [6.07, 6.45) is 2.02. The van der Waals surface area contributed by atoms with E-state index in [-0.39, 0.29) is 36.8 Å². The first-order valence-electron chi connectivity index (χ1n) is 5.35. The molecule has 0 bridgehead atoms. The molecule has 4 nitrogen and oxygen atoms in total. The van der Waals surface area contributed by atoms with Crippen LogP contribution in [0.1, 0.15) is 26.7 Å². The first-order valence-corrected chi connectivity index (χ1v) is 5.35. The number of nitrogens with two attached hydrogens (primary N) is 1. The van der Waals surface area contributed by atoms with Gasteiger partial charge in [0.2, 0.25) is 5.91 Å². The van der Waals surface area contributed by atoms with E-state index >= 15 is 0 Å². The maximum atomic E-state index is 11.4. The van der Waals surface area contributed by atoms with Gasteiger partial charge in [-0.2, -0.15) is 0 Å². The Labute approximate surface area is 110 Å². The van der Waals surface area contributed by atoms with E-state index in [1.165, 1.54) is 0 Å². The van der Waals surface area contributed by atoms with E-state index < -0.39 is 0 Å². The average molecular weight is 272 g/mol. The van der Waals surface area contributed by atoms with Crippen LogP contribution in [0, 0.1) is 0 Å². The van der Waals surface area contributed by atoms with Crippen LogP contribution in [-0.4, -0.2) is 42.5 Å². The number of piperidine rings is 1. The number of nitrogens with zero attached hydrogens (tertiary/aromatic N) is 1. The lowest BCUT2D eigenvalue weighted by Crippen LogP contribution is -2.45. The second kappa shape index (κ2) is 9.05. The summed E-state index contributed by atoms with van der Waals surface area (Å²) < 4.78 is 0. The number of carbonyl (C=O) groups is 1. The molecule has 16 heavy (non-hydrogen) atoms. The van der Waals surface area contributed by atoms with Crippen LogP contribution in [0.15, 0.2) is 0 Å². The molecule has 0 aliphatic carbocycles. The fourth-order valence-electron chi connectivity index (χ4n) is 1.68. The van der Waals surface area contributed by atoms with E-state index in [1.54, 1.807) is 0 Å². The fraction of sp³-hybridized carbons (Fsp3) is 0.900. The summed E-state index contributed by atoms with van der Waals surface area (Å²) in [5, 5.41) is 2.89. The van der Waals surface area contributed by atoms with Crippen molar-refractivity contribution >= 4 is 30.7 Å². The quantitative estimate of drug-likeness (QED) is 0.798. The van der Waals surface area contributed by atoms with E-state index in [9.17, 15) is 4.79 Å². The molecule has 1 aliphatic heterocycles. The lowest BCUT2D eigenvalue weighted by atomic mass is 10.1. The summed E-state index contributed by atoms with van der Waals surface area (Å²) >= 11 is 0. The number of likely N-dealkylation sites (tertiary alicyclic amines) is 1. The molecule has 1 aliphatic rings. The number of nitrogens with one attached hydrogen (secondary N) is 1. The average Bonchev–Trinajstić information content (AvgIpc) is 2.07. The lowest BCUT2D eigenvalue weighted by molar-refractivity contribution is -0.123. The predicted molar refractivity (Wildman–Crippen MR) is 71.4 cm³/mol. The SMILES string of the molecule is CC(C)NC(=O)CN1CCC(N)CC1.Cl.Cl. The number of amides is 1. The largest absolute Gasteiger partial charge is 0.353 e. The number of hydrogen-bond donors (Lipinski definition) is 2. The summed E-state index contributed by atoms with van der Waals surface area (Å²) in [6.45, 7) is 6.37. The fourth-order valence-corrected chi connectivity index (χ4v) is 1.68. The first-order chi connectivity index (χ1) is 6.58. The highest BCUT2D eigenvalue weighted by Gasteiger charge is 2.18. The Hall–Kier alpha value is -0.0300. The summed E-state index contributed by atoms with van der Waals surface area (Å²) in [5.74, 6) is 0.121. The van der Waals surface area contributed by atoms with Gasteiger partial charge in [-0.1, -0.05) is 0 Å². The summed E-state index contributed by atoms with van der Waals surface area (Å²) in [4.78, 5) is 13.6. The predicted octanol–water partition coefficient (Wildman–Crippen LogP) is 0.778. The van der Waals surface area contributed by atoms with E-state index in [1.807, 2.05) is 13.8 Å². The number of hydrogen-bond acceptors (Lipinski definition) is 3. The van der Waals surface area contributed by atoms with Crippen molar-refractivity contribution in [3.8, 4) is 0 Å². The van der Waals surface area contributed by atoms with Crippen molar-refractivity contribution in [2.24, 2.45) is 5.73 Å².